The summed E-state index contributed by atoms with van der Waals surface area (Å²) in [5.41, 5.74) is 1.20. The molecule has 1 aliphatic rings. The predicted octanol–water partition coefficient (Wildman–Crippen LogP) is 3.03. The van der Waals surface area contributed by atoms with Crippen LogP contribution in [-0.2, 0) is 17.3 Å². The topological polar surface area (TPSA) is 57.8 Å². The quantitative estimate of drug-likeness (QED) is 0.795. The first-order chi connectivity index (χ1) is 11.9. The Kier molecular flexibility index (Phi) is 3.36. The van der Waals surface area contributed by atoms with Crippen LogP contribution in [0.3, 0.4) is 0 Å². The average Bonchev–Trinajstić information content (AvgIpc) is 3.13. The number of carbonyl (C=O) groups is 1. The summed E-state index contributed by atoms with van der Waals surface area (Å²) in [5, 5.41) is 14.0. The number of amides is 1. The van der Waals surface area contributed by atoms with E-state index in [-0.39, 0.29) is 17.8 Å². The Labute approximate surface area is 142 Å². The van der Waals surface area contributed by atoms with Gasteiger partial charge in [-0.15, -0.1) is 0 Å². The van der Waals surface area contributed by atoms with E-state index in [4.69, 9.17) is 0 Å². The number of halogens is 2. The second kappa shape index (κ2) is 5.35. The maximum Gasteiger partial charge on any atom is 0.352 e. The third kappa shape index (κ3) is 2.23. The molecule has 1 amide bonds. The zero-order valence-electron chi connectivity index (χ0n) is 13.4. The van der Waals surface area contributed by atoms with Gasteiger partial charge >= 0.3 is 11.8 Å². The van der Waals surface area contributed by atoms with Crippen molar-refractivity contribution in [3.8, 4) is 0 Å². The molecule has 0 radical (unpaired) electrons. The SMILES string of the molecule is C[C@H](O)c1cccc2c1C(F)(F)C(=O)N2Cc1cccc2ccnn12. The minimum atomic E-state index is -3.67. The van der Waals surface area contributed by atoms with Crippen molar-refractivity contribution < 1.29 is 18.7 Å². The van der Waals surface area contributed by atoms with Crippen molar-refractivity contribution in [1.29, 1.82) is 0 Å². The molecule has 5 nitrogen and oxygen atoms in total. The molecule has 1 N–H and O–H groups in total. The van der Waals surface area contributed by atoms with Gasteiger partial charge in [-0.1, -0.05) is 18.2 Å². The molecule has 0 unspecified atom stereocenters. The summed E-state index contributed by atoms with van der Waals surface area (Å²) in [4.78, 5) is 13.5. The molecule has 1 atom stereocenters. The van der Waals surface area contributed by atoms with Gasteiger partial charge in [0.2, 0.25) is 0 Å². The molecule has 3 aromatic rings. The van der Waals surface area contributed by atoms with Gasteiger partial charge in [0.15, 0.2) is 0 Å². The molecule has 0 saturated carbocycles. The third-order valence-electron chi connectivity index (χ3n) is 4.46. The summed E-state index contributed by atoms with van der Waals surface area (Å²) in [6.07, 6.45) is 0.516. The summed E-state index contributed by atoms with van der Waals surface area (Å²) in [6.45, 7) is 1.37. The number of hydrogen-bond acceptors (Lipinski definition) is 3. The summed E-state index contributed by atoms with van der Waals surface area (Å²) in [6, 6.07) is 11.6. The van der Waals surface area contributed by atoms with Gasteiger partial charge in [0.25, 0.3) is 0 Å². The second-order valence-electron chi connectivity index (χ2n) is 6.07. The Balaban J connectivity index is 1.84. The molecule has 25 heavy (non-hydrogen) atoms. The molecule has 1 aromatic carbocycles. The monoisotopic (exact) mass is 343 g/mol. The van der Waals surface area contributed by atoms with Gasteiger partial charge in [0.1, 0.15) is 0 Å². The van der Waals surface area contributed by atoms with Gasteiger partial charge in [0, 0.05) is 6.20 Å². The van der Waals surface area contributed by atoms with Crippen molar-refractivity contribution in [3.05, 3.63) is 65.5 Å². The van der Waals surface area contributed by atoms with E-state index in [9.17, 15) is 18.7 Å². The van der Waals surface area contributed by atoms with Crippen molar-refractivity contribution >= 4 is 17.1 Å². The van der Waals surface area contributed by atoms with Crippen LogP contribution >= 0.6 is 0 Å². The molecule has 0 saturated heterocycles. The van der Waals surface area contributed by atoms with E-state index in [1.807, 2.05) is 6.07 Å². The van der Waals surface area contributed by atoms with Gasteiger partial charge < -0.3 is 10.0 Å². The second-order valence-corrected chi connectivity index (χ2v) is 6.07. The maximum absolute atomic E-state index is 14.6. The van der Waals surface area contributed by atoms with E-state index in [0.29, 0.717) is 5.69 Å². The van der Waals surface area contributed by atoms with E-state index >= 15 is 0 Å². The molecule has 128 valence electrons. The molecule has 0 spiro atoms. The zero-order chi connectivity index (χ0) is 17.8. The van der Waals surface area contributed by atoms with Crippen LogP contribution in [0, 0.1) is 0 Å². The van der Waals surface area contributed by atoms with Gasteiger partial charge in [-0.05, 0) is 36.8 Å². The number of aromatic nitrogens is 2. The van der Waals surface area contributed by atoms with E-state index in [1.165, 1.54) is 19.1 Å². The van der Waals surface area contributed by atoms with Gasteiger partial charge in [-0.3, -0.25) is 4.79 Å². The zero-order valence-corrected chi connectivity index (χ0v) is 13.4. The van der Waals surface area contributed by atoms with Gasteiger partial charge in [-0.25, -0.2) is 4.52 Å². The smallest absolute Gasteiger partial charge is 0.352 e. The van der Waals surface area contributed by atoms with Crippen LogP contribution in [0.5, 0.6) is 0 Å². The minimum absolute atomic E-state index is 0.0380. The fourth-order valence-corrected chi connectivity index (χ4v) is 3.31. The Bertz CT molecular complexity index is 981. The van der Waals surface area contributed by atoms with E-state index in [2.05, 4.69) is 5.10 Å². The van der Waals surface area contributed by atoms with E-state index in [0.717, 1.165) is 10.4 Å². The highest BCUT2D eigenvalue weighted by Crippen LogP contribution is 2.47. The number of carbonyl (C=O) groups excluding carboxylic acids is 1. The molecule has 0 bridgehead atoms. The van der Waals surface area contributed by atoms with Crippen molar-refractivity contribution in [3.63, 3.8) is 0 Å². The van der Waals surface area contributed by atoms with Crippen molar-refractivity contribution in [2.24, 2.45) is 0 Å². The van der Waals surface area contributed by atoms with Crippen molar-refractivity contribution in [2.75, 3.05) is 4.90 Å². The van der Waals surface area contributed by atoms with Crippen LogP contribution in [0.25, 0.3) is 5.52 Å². The molecule has 2 aromatic heterocycles. The molecular weight excluding hydrogens is 328 g/mol. The number of aliphatic hydroxyl groups is 1. The van der Waals surface area contributed by atoms with Gasteiger partial charge in [0.05, 0.1) is 35.1 Å². The van der Waals surface area contributed by atoms with Crippen molar-refractivity contribution in [1.82, 2.24) is 9.61 Å². The lowest BCUT2D eigenvalue weighted by Gasteiger charge is -2.18. The number of anilines is 1. The fraction of sp³-hybridized carbons (Fsp3) is 0.222. The number of nitrogens with zero attached hydrogens (tertiary/aromatic N) is 3. The highest BCUT2D eigenvalue weighted by Gasteiger charge is 2.54. The number of pyridine rings is 1. The maximum atomic E-state index is 14.6. The lowest BCUT2D eigenvalue weighted by Crippen LogP contribution is -2.34. The van der Waals surface area contributed by atoms with E-state index in [1.54, 1.807) is 35.0 Å². The van der Waals surface area contributed by atoms with Crippen LogP contribution in [0.1, 0.15) is 29.8 Å². The largest absolute Gasteiger partial charge is 0.389 e. The van der Waals surface area contributed by atoms with E-state index < -0.39 is 23.5 Å². The predicted molar refractivity (Wildman–Crippen MR) is 87.4 cm³/mol. The standard InChI is InChI=1S/C18H15F2N3O2/c1-11(24)14-6-3-7-15-16(14)18(19,20)17(25)22(15)10-13-5-2-4-12-8-9-21-23(12)13/h2-9,11,24H,10H2,1H3/t11-/m0/s1. The van der Waals surface area contributed by atoms with Crippen LogP contribution in [0.2, 0.25) is 0 Å². The third-order valence-corrected chi connectivity index (χ3v) is 4.46. The lowest BCUT2D eigenvalue weighted by molar-refractivity contribution is -0.141. The Hall–Kier alpha value is -2.80. The van der Waals surface area contributed by atoms with Crippen LogP contribution in [0.4, 0.5) is 14.5 Å². The number of hydrogen-bond donors (Lipinski definition) is 1. The van der Waals surface area contributed by atoms with Crippen molar-refractivity contribution in [2.45, 2.75) is 25.5 Å². The molecular formula is C18H15F2N3O2. The summed E-state index contributed by atoms with van der Waals surface area (Å²) in [7, 11) is 0. The number of benzene rings is 1. The Morgan fingerprint density at radius 1 is 1.20 bits per heavy atom. The van der Waals surface area contributed by atoms with Crippen LogP contribution in [-0.4, -0.2) is 20.6 Å². The lowest BCUT2D eigenvalue weighted by atomic mass is 9.98. The summed E-state index contributed by atoms with van der Waals surface area (Å²) < 4.78 is 30.9. The number of fused-ring (bicyclic) bond motifs is 2. The first-order valence-corrected chi connectivity index (χ1v) is 7.84. The molecule has 1 aliphatic heterocycles. The molecule has 7 heteroatoms. The highest BCUT2D eigenvalue weighted by molar-refractivity contribution is 6.06. The average molecular weight is 343 g/mol. The fourth-order valence-electron chi connectivity index (χ4n) is 3.31. The Morgan fingerprint density at radius 3 is 2.72 bits per heavy atom. The molecule has 3 heterocycles. The summed E-state index contributed by atoms with van der Waals surface area (Å²) >= 11 is 0. The number of rotatable bonds is 3. The van der Waals surface area contributed by atoms with Crippen LogP contribution in [0.15, 0.2) is 48.7 Å². The number of aliphatic hydroxyl groups excluding tert-OH is 1. The number of alkyl halides is 2. The highest BCUT2D eigenvalue weighted by atomic mass is 19.3. The molecule has 4 rings (SSSR count). The first-order valence-electron chi connectivity index (χ1n) is 7.84. The Morgan fingerprint density at radius 2 is 1.96 bits per heavy atom. The first kappa shape index (κ1) is 15.7. The van der Waals surface area contributed by atoms with Gasteiger partial charge in [-0.2, -0.15) is 13.9 Å². The molecule has 0 fully saturated rings. The molecule has 0 aliphatic carbocycles. The normalized spacial score (nSPS) is 17.1. The van der Waals surface area contributed by atoms with Crippen LogP contribution < -0.4 is 4.90 Å². The summed E-state index contributed by atoms with van der Waals surface area (Å²) in [5.74, 6) is -4.96. The minimum Gasteiger partial charge on any atom is -0.389 e.